The van der Waals surface area contributed by atoms with E-state index in [9.17, 15) is 9.18 Å². The second-order valence-corrected chi connectivity index (χ2v) is 8.70. The number of nitrogens with zero attached hydrogens (tertiary/aromatic N) is 2. The zero-order chi connectivity index (χ0) is 24.5. The maximum Gasteiger partial charge on any atom is 0.249 e. The van der Waals surface area contributed by atoms with Crippen molar-refractivity contribution in [2.45, 2.75) is 0 Å². The zero-order valence-corrected chi connectivity index (χ0v) is 19.8. The Morgan fingerprint density at radius 1 is 0.829 bits per heavy atom. The van der Waals surface area contributed by atoms with Crippen molar-refractivity contribution < 1.29 is 9.18 Å². The third-order valence-electron chi connectivity index (χ3n) is 5.62. The molecule has 0 saturated heterocycles. The molecule has 0 unspecified atom stereocenters. The van der Waals surface area contributed by atoms with Crippen LogP contribution in [0.1, 0.15) is 10.4 Å². The molecule has 0 atom stereocenters. The summed E-state index contributed by atoms with van der Waals surface area (Å²) in [6.07, 6.45) is 0. The quantitative estimate of drug-likeness (QED) is 0.272. The predicted octanol–water partition coefficient (Wildman–Crippen LogP) is 7.42. The van der Waals surface area contributed by atoms with Gasteiger partial charge in [-0.05, 0) is 36.4 Å². The number of rotatable bonds is 5. The molecule has 1 aromatic heterocycles. The van der Waals surface area contributed by atoms with E-state index in [1.165, 1.54) is 6.07 Å². The Hall–Kier alpha value is -3.93. The Labute approximate surface area is 211 Å². The number of carbonyl (C=O) groups excluding carboxylic acids is 1. The lowest BCUT2D eigenvalue weighted by Gasteiger charge is -2.15. The summed E-state index contributed by atoms with van der Waals surface area (Å²) in [4.78, 5) is 17.3. The Morgan fingerprint density at radius 2 is 1.54 bits per heavy atom. The molecule has 0 bridgehead atoms. The summed E-state index contributed by atoms with van der Waals surface area (Å²) < 4.78 is 16.0. The second kappa shape index (κ2) is 9.37. The van der Waals surface area contributed by atoms with Gasteiger partial charge in [0, 0.05) is 33.0 Å². The van der Waals surface area contributed by atoms with Crippen molar-refractivity contribution >= 4 is 29.1 Å². The molecular weight excluding hydrogens is 484 g/mol. The van der Waals surface area contributed by atoms with Gasteiger partial charge in [-0.3, -0.25) is 9.36 Å². The van der Waals surface area contributed by atoms with Gasteiger partial charge in [-0.25, -0.2) is 9.37 Å². The summed E-state index contributed by atoms with van der Waals surface area (Å²) in [5, 5.41) is 0.508. The predicted molar refractivity (Wildman–Crippen MR) is 138 cm³/mol. The fourth-order valence-electron chi connectivity index (χ4n) is 4.07. The number of nitrogens with two attached hydrogens (primary N) is 1. The van der Waals surface area contributed by atoms with E-state index < -0.39 is 11.7 Å². The van der Waals surface area contributed by atoms with Crippen LogP contribution in [0.2, 0.25) is 10.0 Å². The van der Waals surface area contributed by atoms with Crippen molar-refractivity contribution in [3.63, 3.8) is 0 Å². The van der Waals surface area contributed by atoms with Gasteiger partial charge in [0.15, 0.2) is 0 Å². The molecule has 0 saturated carbocycles. The highest BCUT2D eigenvalue weighted by Crippen LogP contribution is 2.40. The van der Waals surface area contributed by atoms with Crippen LogP contribution in [0.5, 0.6) is 0 Å². The van der Waals surface area contributed by atoms with Gasteiger partial charge in [-0.2, -0.15) is 0 Å². The summed E-state index contributed by atoms with van der Waals surface area (Å²) in [5.74, 6) is -0.517. The van der Waals surface area contributed by atoms with Crippen molar-refractivity contribution in [1.29, 1.82) is 0 Å². The molecule has 0 aliphatic carbocycles. The van der Waals surface area contributed by atoms with Crippen molar-refractivity contribution in [2.75, 3.05) is 0 Å². The third-order valence-corrected chi connectivity index (χ3v) is 6.14. The fourth-order valence-corrected chi connectivity index (χ4v) is 4.44. The lowest BCUT2D eigenvalue weighted by Crippen LogP contribution is -2.12. The normalized spacial score (nSPS) is 10.9. The van der Waals surface area contributed by atoms with E-state index in [0.29, 0.717) is 39.0 Å². The van der Waals surface area contributed by atoms with Gasteiger partial charge in [-0.15, -0.1) is 0 Å². The van der Waals surface area contributed by atoms with Crippen LogP contribution in [0.4, 0.5) is 4.39 Å². The van der Waals surface area contributed by atoms with E-state index in [0.717, 1.165) is 11.1 Å². The number of imidazole rings is 1. The molecule has 0 fully saturated rings. The number of hydrogen-bond donors (Lipinski definition) is 1. The first-order valence-electron chi connectivity index (χ1n) is 10.7. The number of hydrogen-bond acceptors (Lipinski definition) is 2. The smallest absolute Gasteiger partial charge is 0.249 e. The topological polar surface area (TPSA) is 60.9 Å². The summed E-state index contributed by atoms with van der Waals surface area (Å²) in [5.41, 5.74) is 9.97. The molecule has 5 aromatic rings. The van der Waals surface area contributed by atoms with Crippen LogP contribution in [0, 0.1) is 5.82 Å². The number of aromatic nitrogens is 2. The Balaban J connectivity index is 1.94. The van der Waals surface area contributed by atoms with Gasteiger partial charge < -0.3 is 5.73 Å². The minimum absolute atomic E-state index is 0.0219. The standard InChI is InChI=1S/C28H18Cl2FN3O/c29-19-10-6-9-18(15-19)26-25(21-11-4-5-12-22(21)27(32)35)33-28(17-7-2-1-3-8-17)34(26)20-13-14-24(31)23(30)16-20/h1-16H,(H2,32,35). The van der Waals surface area contributed by atoms with Crippen LogP contribution in [-0.2, 0) is 0 Å². The minimum Gasteiger partial charge on any atom is -0.366 e. The highest BCUT2D eigenvalue weighted by molar-refractivity contribution is 6.31. The SMILES string of the molecule is NC(=O)c1ccccc1-c1nc(-c2ccccc2)n(-c2ccc(F)c(Cl)c2)c1-c1cccc(Cl)c1. The molecule has 0 aliphatic rings. The molecule has 1 heterocycles. The van der Waals surface area contributed by atoms with Gasteiger partial charge in [0.2, 0.25) is 5.91 Å². The summed E-state index contributed by atoms with van der Waals surface area (Å²) in [6.45, 7) is 0. The molecule has 4 aromatic carbocycles. The number of benzene rings is 4. The molecular formula is C28H18Cl2FN3O. The highest BCUT2D eigenvalue weighted by Gasteiger charge is 2.25. The molecule has 1 amide bonds. The molecule has 35 heavy (non-hydrogen) atoms. The Kier molecular flexibility index (Phi) is 6.12. The molecule has 2 N–H and O–H groups in total. The van der Waals surface area contributed by atoms with Crippen LogP contribution in [0.25, 0.3) is 39.6 Å². The summed E-state index contributed by atoms with van der Waals surface area (Å²) in [6, 6.07) is 28.4. The van der Waals surface area contributed by atoms with E-state index in [-0.39, 0.29) is 5.02 Å². The van der Waals surface area contributed by atoms with Gasteiger partial charge in [-0.1, -0.05) is 83.9 Å². The second-order valence-electron chi connectivity index (χ2n) is 7.85. The number of primary amides is 1. The first-order chi connectivity index (χ1) is 16.9. The van der Waals surface area contributed by atoms with Crippen molar-refractivity contribution in [3.8, 4) is 39.6 Å². The van der Waals surface area contributed by atoms with Crippen molar-refractivity contribution in [2.24, 2.45) is 5.73 Å². The van der Waals surface area contributed by atoms with Gasteiger partial charge in [0.25, 0.3) is 0 Å². The number of amides is 1. The summed E-state index contributed by atoms with van der Waals surface area (Å²) in [7, 11) is 0. The lowest BCUT2D eigenvalue weighted by molar-refractivity contribution is 0.100. The van der Waals surface area contributed by atoms with Crippen molar-refractivity contribution in [3.05, 3.63) is 118 Å². The van der Waals surface area contributed by atoms with E-state index in [1.54, 1.807) is 36.4 Å². The monoisotopic (exact) mass is 501 g/mol. The number of carbonyl (C=O) groups is 1. The average Bonchev–Trinajstić information content (AvgIpc) is 3.27. The third kappa shape index (κ3) is 4.32. The molecule has 5 rings (SSSR count). The first kappa shape index (κ1) is 22.8. The van der Waals surface area contributed by atoms with Crippen LogP contribution < -0.4 is 5.73 Å². The van der Waals surface area contributed by atoms with E-state index in [4.69, 9.17) is 33.9 Å². The molecule has 172 valence electrons. The first-order valence-corrected chi connectivity index (χ1v) is 11.5. The van der Waals surface area contributed by atoms with E-state index in [1.807, 2.05) is 59.2 Å². The van der Waals surface area contributed by atoms with Crippen LogP contribution >= 0.6 is 23.2 Å². The van der Waals surface area contributed by atoms with Crippen LogP contribution in [-0.4, -0.2) is 15.5 Å². The molecule has 0 aliphatic heterocycles. The van der Waals surface area contributed by atoms with Gasteiger partial charge in [0.05, 0.1) is 16.4 Å². The highest BCUT2D eigenvalue weighted by atomic mass is 35.5. The fraction of sp³-hybridized carbons (Fsp3) is 0. The Bertz CT molecular complexity index is 1560. The lowest BCUT2D eigenvalue weighted by atomic mass is 9.99. The average molecular weight is 502 g/mol. The van der Waals surface area contributed by atoms with Gasteiger partial charge >= 0.3 is 0 Å². The molecule has 7 heteroatoms. The van der Waals surface area contributed by atoms with Crippen LogP contribution in [0.15, 0.2) is 97.1 Å². The van der Waals surface area contributed by atoms with E-state index in [2.05, 4.69) is 0 Å². The molecule has 4 nitrogen and oxygen atoms in total. The van der Waals surface area contributed by atoms with Crippen molar-refractivity contribution in [1.82, 2.24) is 9.55 Å². The van der Waals surface area contributed by atoms with Crippen LogP contribution in [0.3, 0.4) is 0 Å². The zero-order valence-electron chi connectivity index (χ0n) is 18.3. The summed E-state index contributed by atoms with van der Waals surface area (Å²) >= 11 is 12.6. The van der Waals surface area contributed by atoms with E-state index >= 15 is 0 Å². The Morgan fingerprint density at radius 3 is 2.26 bits per heavy atom. The largest absolute Gasteiger partial charge is 0.366 e. The molecule has 0 radical (unpaired) electrons. The number of halogens is 3. The maximum atomic E-state index is 14.1. The molecule has 0 spiro atoms. The maximum absolute atomic E-state index is 14.1. The van der Waals surface area contributed by atoms with Gasteiger partial charge in [0.1, 0.15) is 11.6 Å². The minimum atomic E-state index is -0.571.